The molecule has 0 aromatic heterocycles. The van der Waals surface area contributed by atoms with Gasteiger partial charge in [-0.05, 0) is 30.5 Å². The van der Waals surface area contributed by atoms with E-state index in [4.69, 9.17) is 4.74 Å². The molecule has 1 aliphatic rings. The van der Waals surface area contributed by atoms with Crippen molar-refractivity contribution in [1.29, 1.82) is 0 Å². The molecule has 104 valence electrons. The topological polar surface area (TPSA) is 58.6 Å². The van der Waals surface area contributed by atoms with Gasteiger partial charge in [0.1, 0.15) is 0 Å². The lowest BCUT2D eigenvalue weighted by atomic mass is 10.0. The van der Waals surface area contributed by atoms with E-state index < -0.39 is 5.60 Å². The highest BCUT2D eigenvalue weighted by atomic mass is 16.5. The van der Waals surface area contributed by atoms with E-state index in [-0.39, 0.29) is 5.91 Å². The van der Waals surface area contributed by atoms with E-state index in [9.17, 15) is 9.90 Å². The second-order valence-electron chi connectivity index (χ2n) is 5.24. The van der Waals surface area contributed by atoms with Crippen molar-refractivity contribution in [3.63, 3.8) is 0 Å². The van der Waals surface area contributed by atoms with Crippen LogP contribution in [0.3, 0.4) is 0 Å². The molecule has 1 aromatic rings. The molecule has 0 saturated heterocycles. The molecule has 19 heavy (non-hydrogen) atoms. The zero-order chi connectivity index (χ0) is 13.7. The van der Waals surface area contributed by atoms with Gasteiger partial charge in [0.05, 0.1) is 12.2 Å². The lowest BCUT2D eigenvalue weighted by molar-refractivity contribution is 0.0449. The second kappa shape index (κ2) is 6.17. The summed E-state index contributed by atoms with van der Waals surface area (Å²) in [5, 5.41) is 13.0. The fourth-order valence-electron chi connectivity index (χ4n) is 2.48. The molecule has 1 aromatic carbocycles. The van der Waals surface area contributed by atoms with Crippen molar-refractivity contribution in [3.05, 3.63) is 35.4 Å². The number of hydrogen-bond donors (Lipinski definition) is 2. The SMILES string of the molecule is COCc1ccc(C(=O)NCC2(O)CCCC2)cc1. The van der Waals surface area contributed by atoms with Gasteiger partial charge in [-0.3, -0.25) is 4.79 Å². The van der Waals surface area contributed by atoms with Crippen molar-refractivity contribution in [2.24, 2.45) is 0 Å². The van der Waals surface area contributed by atoms with Gasteiger partial charge < -0.3 is 15.2 Å². The van der Waals surface area contributed by atoms with Crippen LogP contribution >= 0.6 is 0 Å². The molecule has 0 spiro atoms. The quantitative estimate of drug-likeness (QED) is 0.852. The van der Waals surface area contributed by atoms with Gasteiger partial charge >= 0.3 is 0 Å². The normalized spacial score (nSPS) is 17.4. The molecule has 0 heterocycles. The first kappa shape index (κ1) is 14.0. The predicted octanol–water partition coefficient (Wildman–Crippen LogP) is 1.87. The highest BCUT2D eigenvalue weighted by Gasteiger charge is 2.31. The van der Waals surface area contributed by atoms with E-state index in [2.05, 4.69) is 5.32 Å². The van der Waals surface area contributed by atoms with Gasteiger partial charge in [-0.15, -0.1) is 0 Å². The van der Waals surface area contributed by atoms with Crippen molar-refractivity contribution in [3.8, 4) is 0 Å². The molecule has 2 rings (SSSR count). The summed E-state index contributed by atoms with van der Waals surface area (Å²) in [6.07, 6.45) is 3.64. The summed E-state index contributed by atoms with van der Waals surface area (Å²) >= 11 is 0. The summed E-state index contributed by atoms with van der Waals surface area (Å²) < 4.78 is 5.02. The second-order valence-corrected chi connectivity index (χ2v) is 5.24. The third-order valence-corrected chi connectivity index (χ3v) is 3.64. The Morgan fingerprint density at radius 2 is 1.95 bits per heavy atom. The van der Waals surface area contributed by atoms with Crippen molar-refractivity contribution < 1.29 is 14.6 Å². The Hall–Kier alpha value is -1.39. The smallest absolute Gasteiger partial charge is 0.251 e. The molecule has 0 atom stereocenters. The maximum atomic E-state index is 12.0. The Morgan fingerprint density at radius 3 is 2.53 bits per heavy atom. The zero-order valence-electron chi connectivity index (χ0n) is 11.3. The number of amides is 1. The molecule has 0 aliphatic heterocycles. The lowest BCUT2D eigenvalue weighted by Crippen LogP contribution is -2.40. The molecule has 4 heteroatoms. The molecule has 0 unspecified atom stereocenters. The minimum absolute atomic E-state index is 0.135. The molecule has 4 nitrogen and oxygen atoms in total. The van der Waals surface area contributed by atoms with E-state index in [1.807, 2.05) is 12.1 Å². The fourth-order valence-corrected chi connectivity index (χ4v) is 2.48. The maximum absolute atomic E-state index is 12.0. The van der Waals surface area contributed by atoms with E-state index in [1.165, 1.54) is 0 Å². The van der Waals surface area contributed by atoms with Crippen LogP contribution in [0.25, 0.3) is 0 Å². The fraction of sp³-hybridized carbons (Fsp3) is 0.533. The van der Waals surface area contributed by atoms with Crippen molar-refractivity contribution in [2.45, 2.75) is 37.9 Å². The first-order chi connectivity index (χ1) is 9.13. The minimum atomic E-state index is -0.703. The van der Waals surface area contributed by atoms with Crippen LogP contribution in [0.2, 0.25) is 0 Å². The molecule has 1 aliphatic carbocycles. The summed E-state index contributed by atoms with van der Waals surface area (Å²) in [7, 11) is 1.64. The molecule has 2 N–H and O–H groups in total. The minimum Gasteiger partial charge on any atom is -0.388 e. The Kier molecular flexibility index (Phi) is 4.56. The van der Waals surface area contributed by atoms with Crippen molar-refractivity contribution in [2.75, 3.05) is 13.7 Å². The van der Waals surface area contributed by atoms with Gasteiger partial charge in [-0.2, -0.15) is 0 Å². The van der Waals surface area contributed by atoms with Crippen LogP contribution in [-0.4, -0.2) is 30.3 Å². The van der Waals surface area contributed by atoms with E-state index in [1.54, 1.807) is 19.2 Å². The third kappa shape index (κ3) is 3.78. The molecule has 1 amide bonds. The number of carbonyl (C=O) groups is 1. The highest BCUT2D eigenvalue weighted by molar-refractivity contribution is 5.94. The van der Waals surface area contributed by atoms with E-state index in [0.29, 0.717) is 18.7 Å². The van der Waals surface area contributed by atoms with Crippen LogP contribution in [-0.2, 0) is 11.3 Å². The molecule has 0 radical (unpaired) electrons. The van der Waals surface area contributed by atoms with Crippen LogP contribution in [0, 0.1) is 0 Å². The number of aliphatic hydroxyl groups is 1. The number of nitrogens with one attached hydrogen (secondary N) is 1. The van der Waals surface area contributed by atoms with Gasteiger partial charge in [0.15, 0.2) is 0 Å². The van der Waals surface area contributed by atoms with Gasteiger partial charge in [-0.1, -0.05) is 25.0 Å². The summed E-state index contributed by atoms with van der Waals surface area (Å²) in [5.41, 5.74) is 0.945. The molecule has 1 fully saturated rings. The lowest BCUT2D eigenvalue weighted by Gasteiger charge is -2.22. The van der Waals surface area contributed by atoms with Crippen LogP contribution in [0.15, 0.2) is 24.3 Å². The molecule has 1 saturated carbocycles. The van der Waals surface area contributed by atoms with E-state index >= 15 is 0 Å². The first-order valence-corrected chi connectivity index (χ1v) is 6.71. The van der Waals surface area contributed by atoms with Gasteiger partial charge in [-0.25, -0.2) is 0 Å². The standard InChI is InChI=1S/C15H21NO3/c1-19-10-12-4-6-13(7-5-12)14(17)16-11-15(18)8-2-3-9-15/h4-7,18H,2-3,8-11H2,1H3,(H,16,17). The van der Waals surface area contributed by atoms with Crippen LogP contribution in [0.1, 0.15) is 41.6 Å². The Bertz CT molecular complexity index is 422. The van der Waals surface area contributed by atoms with Crippen LogP contribution in [0.4, 0.5) is 0 Å². The average Bonchev–Trinajstić information content (AvgIpc) is 2.85. The maximum Gasteiger partial charge on any atom is 0.251 e. The summed E-state index contributed by atoms with van der Waals surface area (Å²) in [6, 6.07) is 7.32. The Morgan fingerprint density at radius 1 is 1.32 bits per heavy atom. The zero-order valence-corrected chi connectivity index (χ0v) is 11.3. The number of methoxy groups -OCH3 is 1. The first-order valence-electron chi connectivity index (χ1n) is 6.71. The number of hydrogen-bond acceptors (Lipinski definition) is 3. The van der Waals surface area contributed by atoms with Crippen molar-refractivity contribution >= 4 is 5.91 Å². The number of carbonyl (C=O) groups excluding carboxylic acids is 1. The largest absolute Gasteiger partial charge is 0.388 e. The van der Waals surface area contributed by atoms with E-state index in [0.717, 1.165) is 31.2 Å². The highest BCUT2D eigenvalue weighted by Crippen LogP contribution is 2.28. The number of ether oxygens (including phenoxy) is 1. The Balaban J connectivity index is 1.88. The summed E-state index contributed by atoms with van der Waals surface area (Å²) in [5.74, 6) is -0.135. The predicted molar refractivity (Wildman–Crippen MR) is 72.9 cm³/mol. The van der Waals surface area contributed by atoms with Gasteiger partial charge in [0, 0.05) is 19.2 Å². The average molecular weight is 263 g/mol. The molecule has 0 bridgehead atoms. The van der Waals surface area contributed by atoms with Crippen LogP contribution in [0.5, 0.6) is 0 Å². The summed E-state index contributed by atoms with van der Waals surface area (Å²) in [4.78, 5) is 12.0. The van der Waals surface area contributed by atoms with Crippen LogP contribution < -0.4 is 5.32 Å². The summed E-state index contributed by atoms with van der Waals surface area (Å²) in [6.45, 7) is 0.882. The molecular weight excluding hydrogens is 242 g/mol. The van der Waals surface area contributed by atoms with Crippen molar-refractivity contribution in [1.82, 2.24) is 5.32 Å². The number of rotatable bonds is 5. The monoisotopic (exact) mass is 263 g/mol. The molecular formula is C15H21NO3. The number of benzene rings is 1. The van der Waals surface area contributed by atoms with Gasteiger partial charge in [0.25, 0.3) is 5.91 Å². The Labute approximate surface area is 113 Å². The third-order valence-electron chi connectivity index (χ3n) is 3.64. The van der Waals surface area contributed by atoms with Gasteiger partial charge in [0.2, 0.25) is 0 Å².